The topological polar surface area (TPSA) is 148 Å². The number of nitrogens with zero attached hydrogens (tertiary/aromatic N) is 2. The highest BCUT2D eigenvalue weighted by atomic mass is 16.5. The summed E-state index contributed by atoms with van der Waals surface area (Å²) in [5.41, 5.74) is 1.76. The maximum atomic E-state index is 13.2. The van der Waals surface area contributed by atoms with Gasteiger partial charge in [0.15, 0.2) is 0 Å². The number of hydrogen-bond donors (Lipinski definition) is 4. The zero-order valence-electron chi connectivity index (χ0n) is 21.6. The fourth-order valence-corrected chi connectivity index (χ4v) is 4.81. The molecule has 2 saturated carbocycles. The van der Waals surface area contributed by atoms with Gasteiger partial charge in [-0.15, -0.1) is 0 Å². The van der Waals surface area contributed by atoms with E-state index in [-0.39, 0.29) is 23.9 Å². The number of rotatable bonds is 10. The van der Waals surface area contributed by atoms with Crippen LogP contribution in [0.1, 0.15) is 48.9 Å². The quantitative estimate of drug-likeness (QED) is 0.296. The number of aliphatic hydroxyl groups is 1. The average Bonchev–Trinajstić information content (AvgIpc) is 3.53. The van der Waals surface area contributed by atoms with Gasteiger partial charge in [0.25, 0.3) is 11.8 Å². The molecule has 0 saturated heterocycles. The summed E-state index contributed by atoms with van der Waals surface area (Å²) in [6.07, 6.45) is 7.12. The molecule has 202 valence electrons. The highest BCUT2D eigenvalue weighted by Gasteiger charge is 2.48. The molecule has 11 nitrogen and oxygen atoms in total. The number of aromatic nitrogens is 3. The lowest BCUT2D eigenvalue weighted by Crippen LogP contribution is -2.47. The van der Waals surface area contributed by atoms with E-state index in [0.717, 1.165) is 31.2 Å². The molecular weight excluding hydrogens is 490 g/mol. The zero-order valence-corrected chi connectivity index (χ0v) is 21.6. The summed E-state index contributed by atoms with van der Waals surface area (Å²) in [7, 11) is 3.20. The number of H-pyrrole nitrogens is 1. The van der Waals surface area contributed by atoms with Crippen molar-refractivity contribution in [1.82, 2.24) is 25.6 Å². The lowest BCUT2D eigenvalue weighted by atomic mass is 9.90. The van der Waals surface area contributed by atoms with Crippen LogP contribution in [0.4, 0.5) is 0 Å². The molecule has 3 aromatic rings. The van der Waals surface area contributed by atoms with E-state index in [1.807, 2.05) is 12.1 Å². The van der Waals surface area contributed by atoms with E-state index in [1.165, 1.54) is 6.33 Å². The van der Waals surface area contributed by atoms with Crippen molar-refractivity contribution in [3.8, 4) is 22.8 Å². The van der Waals surface area contributed by atoms with Crippen LogP contribution in [0, 0.1) is 0 Å². The van der Waals surface area contributed by atoms with Crippen LogP contribution < -0.4 is 20.1 Å². The standard InChI is InChI=1S/C27H33N5O6/c1-36-11-12-38-21-13-18(37-2)7-8-19(21)22-24-23(30-15-29-22)20(14-28-24)25(33)31-16-3-5-17(6-4-16)32-26(34)27(35)9-10-27/h7-8,13-17,28,35H,3-6,9-12H2,1-2H3,(H,31,33)(H,32,34)/t16-,17-. The Bertz CT molecular complexity index is 1310. The summed E-state index contributed by atoms with van der Waals surface area (Å²) in [6, 6.07) is 5.50. The maximum Gasteiger partial charge on any atom is 0.255 e. The van der Waals surface area contributed by atoms with Crippen molar-refractivity contribution in [2.75, 3.05) is 27.4 Å². The minimum Gasteiger partial charge on any atom is -0.497 e. The summed E-state index contributed by atoms with van der Waals surface area (Å²) in [4.78, 5) is 37.4. The van der Waals surface area contributed by atoms with Crippen molar-refractivity contribution in [2.45, 2.75) is 56.2 Å². The first-order valence-electron chi connectivity index (χ1n) is 12.9. The van der Waals surface area contributed by atoms with Crippen molar-refractivity contribution >= 4 is 22.8 Å². The van der Waals surface area contributed by atoms with Crippen LogP contribution in [-0.4, -0.2) is 77.0 Å². The normalized spacial score (nSPS) is 20.1. The third-order valence-corrected chi connectivity index (χ3v) is 7.24. The number of carbonyl (C=O) groups excluding carboxylic acids is 2. The van der Waals surface area contributed by atoms with Crippen molar-refractivity contribution in [3.63, 3.8) is 0 Å². The molecule has 0 spiro atoms. The molecule has 4 N–H and O–H groups in total. The van der Waals surface area contributed by atoms with Gasteiger partial charge in [0.1, 0.15) is 41.2 Å². The summed E-state index contributed by atoms with van der Waals surface area (Å²) >= 11 is 0. The van der Waals surface area contributed by atoms with Crippen molar-refractivity contribution in [3.05, 3.63) is 36.3 Å². The van der Waals surface area contributed by atoms with Gasteiger partial charge < -0.3 is 34.9 Å². The Morgan fingerprint density at radius 2 is 1.82 bits per heavy atom. The fourth-order valence-electron chi connectivity index (χ4n) is 4.81. The summed E-state index contributed by atoms with van der Waals surface area (Å²) in [5.74, 6) is 0.741. The molecule has 38 heavy (non-hydrogen) atoms. The predicted octanol–water partition coefficient (Wildman–Crippen LogP) is 2.34. The summed E-state index contributed by atoms with van der Waals surface area (Å²) in [6.45, 7) is 0.787. The molecular formula is C27H33N5O6. The lowest BCUT2D eigenvalue weighted by Gasteiger charge is -2.30. The molecule has 0 aliphatic heterocycles. The summed E-state index contributed by atoms with van der Waals surface area (Å²) < 4.78 is 16.4. The van der Waals surface area contributed by atoms with Crippen molar-refractivity contribution in [1.29, 1.82) is 0 Å². The molecule has 5 rings (SSSR count). The predicted molar refractivity (Wildman–Crippen MR) is 139 cm³/mol. The molecule has 2 aromatic heterocycles. The van der Waals surface area contributed by atoms with Gasteiger partial charge in [-0.1, -0.05) is 0 Å². The number of carbonyl (C=O) groups is 2. The summed E-state index contributed by atoms with van der Waals surface area (Å²) in [5, 5.41) is 16.0. The molecule has 2 heterocycles. The molecule has 0 radical (unpaired) electrons. The average molecular weight is 524 g/mol. The van der Waals surface area contributed by atoms with E-state index < -0.39 is 5.60 Å². The Balaban J connectivity index is 1.29. The van der Waals surface area contributed by atoms with E-state index in [2.05, 4.69) is 25.6 Å². The lowest BCUT2D eigenvalue weighted by molar-refractivity contribution is -0.132. The first-order chi connectivity index (χ1) is 18.4. The third kappa shape index (κ3) is 5.44. The Labute approximate surface area is 220 Å². The number of ether oxygens (including phenoxy) is 3. The Hall–Kier alpha value is -3.70. The Kier molecular flexibility index (Phi) is 7.48. The second-order valence-electron chi connectivity index (χ2n) is 9.88. The number of aromatic amines is 1. The van der Waals surface area contributed by atoms with Crippen LogP contribution in [0.15, 0.2) is 30.7 Å². The second-order valence-corrected chi connectivity index (χ2v) is 9.88. The minimum atomic E-state index is -1.16. The molecule has 2 aliphatic rings. The highest BCUT2D eigenvalue weighted by Crippen LogP contribution is 2.37. The SMILES string of the molecule is COCCOc1cc(OC)ccc1-c1ncnc2c(C(=O)N[C@H]3CC[C@H](NC(=O)C4(O)CC4)CC3)c[nH]c12. The Morgan fingerprint density at radius 3 is 2.50 bits per heavy atom. The third-order valence-electron chi connectivity index (χ3n) is 7.24. The number of fused-ring (bicyclic) bond motifs is 1. The largest absolute Gasteiger partial charge is 0.497 e. The van der Waals surface area contributed by atoms with Crippen LogP contribution in [-0.2, 0) is 9.53 Å². The molecule has 0 unspecified atom stereocenters. The van der Waals surface area contributed by atoms with Gasteiger partial charge in [-0.05, 0) is 50.7 Å². The van der Waals surface area contributed by atoms with Gasteiger partial charge >= 0.3 is 0 Å². The second kappa shape index (κ2) is 11.0. The molecule has 11 heteroatoms. The van der Waals surface area contributed by atoms with Gasteiger partial charge in [-0.25, -0.2) is 9.97 Å². The van der Waals surface area contributed by atoms with Crippen LogP contribution in [0.3, 0.4) is 0 Å². The number of benzene rings is 1. The van der Waals surface area contributed by atoms with Gasteiger partial charge in [0.2, 0.25) is 0 Å². The highest BCUT2D eigenvalue weighted by molar-refractivity contribution is 6.08. The van der Waals surface area contributed by atoms with Crippen molar-refractivity contribution < 1.29 is 28.9 Å². The molecule has 0 atom stereocenters. The zero-order chi connectivity index (χ0) is 26.7. The number of amides is 2. The number of nitrogens with one attached hydrogen (secondary N) is 3. The molecule has 2 amide bonds. The molecule has 0 bridgehead atoms. The van der Waals surface area contributed by atoms with E-state index in [0.29, 0.717) is 59.8 Å². The smallest absolute Gasteiger partial charge is 0.255 e. The van der Waals surface area contributed by atoms with Gasteiger partial charge in [0, 0.05) is 37.0 Å². The van der Waals surface area contributed by atoms with Crippen LogP contribution in [0.25, 0.3) is 22.3 Å². The maximum absolute atomic E-state index is 13.2. The van der Waals surface area contributed by atoms with Gasteiger partial charge in [-0.3, -0.25) is 9.59 Å². The van der Waals surface area contributed by atoms with E-state index in [4.69, 9.17) is 14.2 Å². The van der Waals surface area contributed by atoms with E-state index in [9.17, 15) is 14.7 Å². The molecule has 1 aromatic carbocycles. The Morgan fingerprint density at radius 1 is 1.08 bits per heavy atom. The van der Waals surface area contributed by atoms with Gasteiger partial charge in [-0.2, -0.15) is 0 Å². The minimum absolute atomic E-state index is 0.00621. The number of hydrogen-bond acceptors (Lipinski definition) is 8. The number of methoxy groups -OCH3 is 2. The fraction of sp³-hybridized carbons (Fsp3) is 0.481. The van der Waals surface area contributed by atoms with E-state index in [1.54, 1.807) is 26.5 Å². The van der Waals surface area contributed by atoms with E-state index >= 15 is 0 Å². The van der Waals surface area contributed by atoms with Crippen LogP contribution >= 0.6 is 0 Å². The molecule has 2 fully saturated rings. The first kappa shape index (κ1) is 25.9. The van der Waals surface area contributed by atoms with Crippen molar-refractivity contribution in [2.24, 2.45) is 0 Å². The van der Waals surface area contributed by atoms with Crippen LogP contribution in [0.2, 0.25) is 0 Å². The monoisotopic (exact) mass is 523 g/mol. The molecule has 2 aliphatic carbocycles. The van der Waals surface area contributed by atoms with Gasteiger partial charge in [0.05, 0.1) is 24.8 Å². The first-order valence-corrected chi connectivity index (χ1v) is 12.9. The van der Waals surface area contributed by atoms with Crippen LogP contribution in [0.5, 0.6) is 11.5 Å².